The van der Waals surface area contributed by atoms with Crippen LogP contribution in [-0.4, -0.2) is 0 Å². The lowest BCUT2D eigenvalue weighted by atomic mass is 10.0. The van der Waals surface area contributed by atoms with E-state index in [-0.39, 0.29) is 0 Å². The Morgan fingerprint density at radius 2 is 0.792 bits per heavy atom. The second-order valence-electron chi connectivity index (χ2n) is 13.4. The van der Waals surface area contributed by atoms with E-state index in [9.17, 15) is 0 Å². The number of benzene rings is 5. The van der Waals surface area contributed by atoms with Crippen LogP contribution in [0.25, 0.3) is 66.0 Å². The Bertz CT molecular complexity index is 1940. The average molecular weight is 663 g/mol. The van der Waals surface area contributed by atoms with Crippen molar-refractivity contribution in [3.63, 3.8) is 0 Å². The van der Waals surface area contributed by atoms with Crippen molar-refractivity contribution in [2.24, 2.45) is 0 Å². The fraction of sp³-hybridized carbons (Fsp3) is 0.261. The van der Waals surface area contributed by atoms with E-state index in [2.05, 4.69) is 135 Å². The molecule has 0 bridgehead atoms. The van der Waals surface area contributed by atoms with Crippen molar-refractivity contribution < 1.29 is 0 Å². The van der Waals surface area contributed by atoms with Gasteiger partial charge in [-0.2, -0.15) is 0 Å². The van der Waals surface area contributed by atoms with Gasteiger partial charge in [-0.05, 0) is 141 Å². The minimum Gasteiger partial charge on any atom is -0.136 e. The summed E-state index contributed by atoms with van der Waals surface area (Å²) in [5.41, 5.74) is 5.43. The van der Waals surface area contributed by atoms with Crippen molar-refractivity contribution in [1.29, 1.82) is 0 Å². The van der Waals surface area contributed by atoms with E-state index in [4.69, 9.17) is 0 Å². The van der Waals surface area contributed by atoms with Gasteiger partial charge in [-0.3, -0.25) is 0 Å². The highest BCUT2D eigenvalue weighted by Crippen LogP contribution is 2.36. The summed E-state index contributed by atoms with van der Waals surface area (Å²) in [7, 11) is 0. The third-order valence-electron chi connectivity index (χ3n) is 9.58. The van der Waals surface area contributed by atoms with E-state index in [1.165, 1.54) is 138 Å². The predicted molar refractivity (Wildman–Crippen MR) is 219 cm³/mol. The highest BCUT2D eigenvalue weighted by atomic mass is 32.1. The number of rotatable bonds is 14. The molecule has 0 aliphatic rings. The Kier molecular flexibility index (Phi) is 10.5. The van der Waals surface area contributed by atoms with E-state index < -0.39 is 0 Å². The molecule has 2 aromatic heterocycles. The molecule has 0 fully saturated rings. The van der Waals surface area contributed by atoms with Crippen LogP contribution in [-0.2, 0) is 12.8 Å². The van der Waals surface area contributed by atoms with Gasteiger partial charge in [0.15, 0.2) is 0 Å². The molecule has 0 atom stereocenters. The molecule has 0 aliphatic carbocycles. The Hall–Kier alpha value is -3.98. The van der Waals surface area contributed by atoms with Gasteiger partial charge >= 0.3 is 0 Å². The Morgan fingerprint density at radius 3 is 1.21 bits per heavy atom. The second-order valence-corrected chi connectivity index (χ2v) is 15.6. The molecule has 7 rings (SSSR count). The molecule has 242 valence electrons. The average Bonchev–Trinajstić information content (AvgIpc) is 3.70. The van der Waals surface area contributed by atoms with Crippen molar-refractivity contribution in [3.05, 3.63) is 129 Å². The quantitative estimate of drug-likeness (QED) is 0.0803. The zero-order valence-corrected chi connectivity index (χ0v) is 30.1. The van der Waals surface area contributed by atoms with Crippen LogP contribution in [0, 0.1) is 0 Å². The smallest absolute Gasteiger partial charge is 0.0355 e. The normalized spacial score (nSPS) is 12.2. The molecule has 0 radical (unpaired) electrons. The highest BCUT2D eigenvalue weighted by Gasteiger charge is 2.08. The first-order valence-electron chi connectivity index (χ1n) is 18.0. The first kappa shape index (κ1) is 32.6. The summed E-state index contributed by atoms with van der Waals surface area (Å²) in [6, 6.07) is 37.1. The van der Waals surface area contributed by atoms with Gasteiger partial charge in [-0.15, -0.1) is 22.7 Å². The SMILES string of the molecule is CCCCCCc1ccc(C=Cc2cc3cc4cc5cc6sc(C=Cc7ccc(CCCCCC)cc7)cc6cc5cc4cc3s2)cc1. The van der Waals surface area contributed by atoms with Gasteiger partial charge in [0.25, 0.3) is 0 Å². The summed E-state index contributed by atoms with van der Waals surface area (Å²) in [6.45, 7) is 4.54. The second kappa shape index (κ2) is 15.5. The van der Waals surface area contributed by atoms with Gasteiger partial charge in [-0.1, -0.05) is 113 Å². The number of aryl methyl sites for hydroxylation is 2. The predicted octanol–water partition coefficient (Wildman–Crippen LogP) is 15.0. The molecule has 0 N–H and O–H groups in total. The molecular weight excluding hydrogens is 617 g/mol. The minimum absolute atomic E-state index is 1.19. The van der Waals surface area contributed by atoms with Crippen LogP contribution in [0.4, 0.5) is 0 Å². The van der Waals surface area contributed by atoms with E-state index in [0.29, 0.717) is 0 Å². The third kappa shape index (κ3) is 8.00. The number of thiophene rings is 2. The molecule has 2 heteroatoms. The van der Waals surface area contributed by atoms with Gasteiger partial charge in [0.1, 0.15) is 0 Å². The van der Waals surface area contributed by atoms with Crippen LogP contribution in [0.1, 0.15) is 97.2 Å². The van der Waals surface area contributed by atoms with E-state index in [0.717, 1.165) is 0 Å². The summed E-state index contributed by atoms with van der Waals surface area (Å²) in [5, 5.41) is 7.88. The van der Waals surface area contributed by atoms with E-state index in [1.54, 1.807) is 0 Å². The first-order valence-corrected chi connectivity index (χ1v) is 19.7. The maximum absolute atomic E-state index is 2.38. The van der Waals surface area contributed by atoms with Crippen molar-refractivity contribution >= 4 is 88.7 Å². The van der Waals surface area contributed by atoms with Crippen LogP contribution in [0.5, 0.6) is 0 Å². The molecule has 2 heterocycles. The topological polar surface area (TPSA) is 0 Å². The lowest BCUT2D eigenvalue weighted by molar-refractivity contribution is 0.667. The molecule has 0 saturated carbocycles. The first-order chi connectivity index (χ1) is 23.6. The van der Waals surface area contributed by atoms with Crippen molar-refractivity contribution in [2.45, 2.75) is 78.1 Å². The fourth-order valence-corrected chi connectivity index (χ4v) is 8.74. The molecule has 0 nitrogen and oxygen atoms in total. The molecular formula is C46H46S2. The maximum Gasteiger partial charge on any atom is 0.0355 e. The van der Waals surface area contributed by atoms with Gasteiger partial charge < -0.3 is 0 Å². The molecule has 0 unspecified atom stereocenters. The third-order valence-corrected chi connectivity index (χ3v) is 11.7. The summed E-state index contributed by atoms with van der Waals surface area (Å²) in [4.78, 5) is 2.60. The molecule has 7 aromatic rings. The van der Waals surface area contributed by atoms with Crippen LogP contribution < -0.4 is 0 Å². The van der Waals surface area contributed by atoms with Gasteiger partial charge in [0, 0.05) is 19.2 Å². The summed E-state index contributed by atoms with van der Waals surface area (Å²) in [5.74, 6) is 0. The molecule has 0 spiro atoms. The van der Waals surface area contributed by atoms with Crippen LogP contribution in [0.15, 0.2) is 97.1 Å². The maximum atomic E-state index is 2.38. The fourth-order valence-electron chi connectivity index (χ4n) is 6.74. The zero-order chi connectivity index (χ0) is 32.7. The van der Waals surface area contributed by atoms with Gasteiger partial charge in [-0.25, -0.2) is 0 Å². The number of hydrogen-bond acceptors (Lipinski definition) is 2. The van der Waals surface area contributed by atoms with Crippen LogP contribution in [0.2, 0.25) is 0 Å². The molecule has 48 heavy (non-hydrogen) atoms. The van der Waals surface area contributed by atoms with Crippen molar-refractivity contribution in [2.75, 3.05) is 0 Å². The molecule has 5 aromatic carbocycles. The number of unbranched alkanes of at least 4 members (excludes halogenated alkanes) is 6. The molecule has 0 amide bonds. The Labute approximate surface area is 294 Å². The summed E-state index contributed by atoms with van der Waals surface area (Å²) in [6.07, 6.45) is 22.0. The standard InChI is InChI=1S/C46H46S2/c1-3-5-7-9-11-33-13-17-35(18-14-33)21-23-43-29-41-27-37-25-40-32-46-42(28-38(40)26-39(37)31-45(41)47-43)30-44(48-46)24-22-36-19-15-34(16-20-36)12-10-8-6-4-2/h13-32H,3-12H2,1-2H3. The van der Waals surface area contributed by atoms with Crippen molar-refractivity contribution in [3.8, 4) is 0 Å². The van der Waals surface area contributed by atoms with Crippen LogP contribution >= 0.6 is 22.7 Å². The van der Waals surface area contributed by atoms with E-state index >= 15 is 0 Å². The number of fused-ring (bicyclic) bond motifs is 4. The Morgan fingerprint density at radius 1 is 0.396 bits per heavy atom. The Balaban J connectivity index is 1.05. The largest absolute Gasteiger partial charge is 0.136 e. The van der Waals surface area contributed by atoms with Crippen molar-refractivity contribution in [1.82, 2.24) is 0 Å². The summed E-state index contributed by atoms with van der Waals surface area (Å²) < 4.78 is 2.69. The molecule has 0 aliphatic heterocycles. The van der Waals surface area contributed by atoms with Gasteiger partial charge in [0.2, 0.25) is 0 Å². The molecule has 0 saturated heterocycles. The lowest BCUT2D eigenvalue weighted by Gasteiger charge is -2.04. The highest BCUT2D eigenvalue weighted by molar-refractivity contribution is 7.20. The lowest BCUT2D eigenvalue weighted by Crippen LogP contribution is -1.85. The monoisotopic (exact) mass is 662 g/mol. The van der Waals surface area contributed by atoms with Gasteiger partial charge in [0.05, 0.1) is 0 Å². The summed E-state index contributed by atoms with van der Waals surface area (Å²) >= 11 is 3.76. The number of hydrogen-bond donors (Lipinski definition) is 0. The zero-order valence-electron chi connectivity index (χ0n) is 28.4. The van der Waals surface area contributed by atoms with E-state index in [1.807, 2.05) is 22.7 Å². The minimum atomic E-state index is 1.19. The van der Waals surface area contributed by atoms with Crippen LogP contribution in [0.3, 0.4) is 0 Å².